The summed E-state index contributed by atoms with van der Waals surface area (Å²) in [6, 6.07) is 3.18. The molecule has 1 fully saturated rings. The van der Waals surface area contributed by atoms with Crippen LogP contribution in [0.15, 0.2) is 12.1 Å². The highest BCUT2D eigenvalue weighted by atomic mass is 16.4. The van der Waals surface area contributed by atoms with Crippen LogP contribution in [0.4, 0.5) is 5.82 Å². The second-order valence-electron chi connectivity index (χ2n) is 6.27. The topological polar surface area (TPSA) is 75.1 Å². The molecule has 1 aliphatic carbocycles. The molecule has 0 unspecified atom stereocenters. The van der Waals surface area contributed by atoms with Gasteiger partial charge in [0.1, 0.15) is 5.82 Å². The molecule has 0 atom stereocenters. The molecule has 2 rings (SSSR count). The van der Waals surface area contributed by atoms with E-state index in [2.05, 4.69) is 29.4 Å². The SMILES string of the molecule is CC(C)CC1(CNc2ccc(C(=O)O)nn2)CCCC1. The van der Waals surface area contributed by atoms with E-state index in [1.165, 1.54) is 38.2 Å². The Morgan fingerprint density at radius 3 is 2.55 bits per heavy atom. The molecule has 5 heteroatoms. The van der Waals surface area contributed by atoms with Crippen molar-refractivity contribution in [2.45, 2.75) is 46.0 Å². The van der Waals surface area contributed by atoms with Crippen molar-refractivity contribution in [2.75, 3.05) is 11.9 Å². The Hall–Kier alpha value is -1.65. The molecule has 0 spiro atoms. The van der Waals surface area contributed by atoms with Crippen LogP contribution in [0.1, 0.15) is 56.4 Å². The summed E-state index contributed by atoms with van der Waals surface area (Å²) in [5.41, 5.74) is 0.342. The number of rotatable bonds is 6. The molecule has 1 aromatic rings. The van der Waals surface area contributed by atoms with Crippen molar-refractivity contribution in [1.29, 1.82) is 0 Å². The molecule has 1 aromatic heterocycles. The fourth-order valence-corrected chi connectivity index (χ4v) is 3.26. The van der Waals surface area contributed by atoms with Gasteiger partial charge in [0.2, 0.25) is 0 Å². The Balaban J connectivity index is 1.97. The summed E-state index contributed by atoms with van der Waals surface area (Å²) in [7, 11) is 0. The molecule has 1 aliphatic rings. The third-order valence-electron chi connectivity index (χ3n) is 4.03. The van der Waals surface area contributed by atoms with Crippen LogP contribution in [0.3, 0.4) is 0 Å². The van der Waals surface area contributed by atoms with Gasteiger partial charge in [0.05, 0.1) is 0 Å². The van der Waals surface area contributed by atoms with Crippen LogP contribution < -0.4 is 5.32 Å². The molecule has 0 amide bonds. The lowest BCUT2D eigenvalue weighted by atomic mass is 9.78. The van der Waals surface area contributed by atoms with E-state index in [1.54, 1.807) is 6.07 Å². The maximum atomic E-state index is 10.7. The van der Waals surface area contributed by atoms with E-state index >= 15 is 0 Å². The van der Waals surface area contributed by atoms with Crippen LogP contribution in [-0.2, 0) is 0 Å². The summed E-state index contributed by atoms with van der Waals surface area (Å²) in [4.78, 5) is 10.7. The number of hydrogen-bond donors (Lipinski definition) is 2. The summed E-state index contributed by atoms with van der Waals surface area (Å²) >= 11 is 0. The third kappa shape index (κ3) is 3.68. The number of nitrogens with zero attached hydrogens (tertiary/aromatic N) is 2. The van der Waals surface area contributed by atoms with Gasteiger partial charge in [-0.2, -0.15) is 0 Å². The van der Waals surface area contributed by atoms with Crippen molar-refractivity contribution >= 4 is 11.8 Å². The Bertz CT molecular complexity index is 451. The predicted octanol–water partition coefficient (Wildman–Crippen LogP) is 3.19. The fourth-order valence-electron chi connectivity index (χ4n) is 3.26. The Morgan fingerprint density at radius 1 is 1.35 bits per heavy atom. The molecule has 1 heterocycles. The molecular weight excluding hydrogens is 254 g/mol. The van der Waals surface area contributed by atoms with Gasteiger partial charge in [0, 0.05) is 6.54 Å². The number of aromatic carboxylic acids is 1. The van der Waals surface area contributed by atoms with Gasteiger partial charge in [0.25, 0.3) is 0 Å². The average molecular weight is 277 g/mol. The maximum absolute atomic E-state index is 10.7. The lowest BCUT2D eigenvalue weighted by Crippen LogP contribution is -2.28. The number of aromatic nitrogens is 2. The van der Waals surface area contributed by atoms with Gasteiger partial charge in [-0.15, -0.1) is 10.2 Å². The van der Waals surface area contributed by atoms with Crippen molar-refractivity contribution in [2.24, 2.45) is 11.3 Å². The van der Waals surface area contributed by atoms with E-state index in [-0.39, 0.29) is 5.69 Å². The first-order valence-corrected chi connectivity index (χ1v) is 7.32. The van der Waals surface area contributed by atoms with Gasteiger partial charge < -0.3 is 10.4 Å². The number of carboxylic acids is 1. The number of carbonyl (C=O) groups is 1. The van der Waals surface area contributed by atoms with Gasteiger partial charge in [0.15, 0.2) is 5.69 Å². The quantitative estimate of drug-likeness (QED) is 0.835. The van der Waals surface area contributed by atoms with E-state index in [9.17, 15) is 4.79 Å². The molecule has 20 heavy (non-hydrogen) atoms. The van der Waals surface area contributed by atoms with E-state index in [0.717, 1.165) is 6.54 Å². The lowest BCUT2D eigenvalue weighted by molar-refractivity contribution is 0.0689. The highest BCUT2D eigenvalue weighted by molar-refractivity contribution is 5.85. The molecule has 0 radical (unpaired) electrons. The highest BCUT2D eigenvalue weighted by Crippen LogP contribution is 2.43. The predicted molar refractivity (Wildman–Crippen MR) is 77.8 cm³/mol. The van der Waals surface area contributed by atoms with Gasteiger partial charge in [-0.05, 0) is 42.7 Å². The Morgan fingerprint density at radius 2 is 2.05 bits per heavy atom. The van der Waals surface area contributed by atoms with Crippen LogP contribution in [-0.4, -0.2) is 27.8 Å². The van der Waals surface area contributed by atoms with Gasteiger partial charge in [-0.25, -0.2) is 4.79 Å². The van der Waals surface area contributed by atoms with Crippen molar-refractivity contribution in [1.82, 2.24) is 10.2 Å². The zero-order valence-corrected chi connectivity index (χ0v) is 12.2. The molecule has 1 saturated carbocycles. The van der Waals surface area contributed by atoms with Gasteiger partial charge in [-0.1, -0.05) is 26.7 Å². The van der Waals surface area contributed by atoms with Crippen molar-refractivity contribution in [3.63, 3.8) is 0 Å². The van der Waals surface area contributed by atoms with E-state index in [1.807, 2.05) is 0 Å². The standard InChI is InChI=1S/C15H23N3O2/c1-11(2)9-15(7-3-4-8-15)10-16-13-6-5-12(14(19)20)17-18-13/h5-6,11H,3-4,7-10H2,1-2H3,(H,16,18)(H,19,20). The zero-order chi connectivity index (χ0) is 14.6. The van der Waals surface area contributed by atoms with Crippen molar-refractivity contribution < 1.29 is 9.90 Å². The summed E-state index contributed by atoms with van der Waals surface area (Å²) in [6.07, 6.45) is 6.36. The Kier molecular flexibility index (Phi) is 4.57. The van der Waals surface area contributed by atoms with Crippen LogP contribution in [0.5, 0.6) is 0 Å². The lowest BCUT2D eigenvalue weighted by Gasteiger charge is -2.31. The smallest absolute Gasteiger partial charge is 0.356 e. The van der Waals surface area contributed by atoms with Gasteiger partial charge >= 0.3 is 5.97 Å². The first kappa shape index (κ1) is 14.8. The largest absolute Gasteiger partial charge is 0.476 e. The number of hydrogen-bond acceptors (Lipinski definition) is 4. The molecular formula is C15H23N3O2. The maximum Gasteiger partial charge on any atom is 0.356 e. The zero-order valence-electron chi connectivity index (χ0n) is 12.2. The van der Waals surface area contributed by atoms with Crippen LogP contribution in [0, 0.1) is 11.3 Å². The minimum absolute atomic E-state index is 0.0201. The Labute approximate surface area is 119 Å². The first-order chi connectivity index (χ1) is 9.51. The number of anilines is 1. The van der Waals surface area contributed by atoms with Crippen molar-refractivity contribution in [3.8, 4) is 0 Å². The molecule has 0 aliphatic heterocycles. The fraction of sp³-hybridized carbons (Fsp3) is 0.667. The summed E-state index contributed by atoms with van der Waals surface area (Å²) < 4.78 is 0. The minimum atomic E-state index is -1.05. The summed E-state index contributed by atoms with van der Waals surface area (Å²) in [5, 5.41) is 19.8. The second kappa shape index (κ2) is 6.20. The van der Waals surface area contributed by atoms with E-state index in [4.69, 9.17) is 5.11 Å². The van der Waals surface area contributed by atoms with Crippen LogP contribution in [0.25, 0.3) is 0 Å². The average Bonchev–Trinajstić information content (AvgIpc) is 2.85. The number of nitrogens with one attached hydrogen (secondary N) is 1. The van der Waals surface area contributed by atoms with Gasteiger partial charge in [-0.3, -0.25) is 0 Å². The summed E-state index contributed by atoms with van der Waals surface area (Å²) in [5.74, 6) is 0.302. The molecule has 0 saturated heterocycles. The molecule has 2 N–H and O–H groups in total. The third-order valence-corrected chi connectivity index (χ3v) is 4.03. The van der Waals surface area contributed by atoms with Crippen molar-refractivity contribution in [3.05, 3.63) is 17.8 Å². The summed E-state index contributed by atoms with van der Waals surface area (Å²) in [6.45, 7) is 5.43. The second-order valence-corrected chi connectivity index (χ2v) is 6.27. The van der Waals surface area contributed by atoms with E-state index in [0.29, 0.717) is 17.2 Å². The molecule has 0 bridgehead atoms. The first-order valence-electron chi connectivity index (χ1n) is 7.32. The monoisotopic (exact) mass is 277 g/mol. The van der Waals surface area contributed by atoms with Crippen LogP contribution >= 0.6 is 0 Å². The highest BCUT2D eigenvalue weighted by Gasteiger charge is 2.34. The number of carboxylic acid groups (broad SMARTS) is 1. The normalized spacial score (nSPS) is 17.4. The molecule has 110 valence electrons. The van der Waals surface area contributed by atoms with E-state index < -0.39 is 5.97 Å². The molecule has 5 nitrogen and oxygen atoms in total. The molecule has 0 aromatic carbocycles. The van der Waals surface area contributed by atoms with Crippen LogP contribution in [0.2, 0.25) is 0 Å². The minimum Gasteiger partial charge on any atom is -0.476 e.